The van der Waals surface area contributed by atoms with Gasteiger partial charge in [-0.1, -0.05) is 12.1 Å². The lowest BCUT2D eigenvalue weighted by molar-refractivity contribution is -0.124. The SMILES string of the molecule is O=C(CN1C(=O)CCOc2ccccc21)NCC1(O)CCSC1. The molecule has 2 heterocycles. The molecule has 2 aliphatic rings. The van der Waals surface area contributed by atoms with Crippen molar-refractivity contribution in [1.29, 1.82) is 0 Å². The van der Waals surface area contributed by atoms with E-state index in [-0.39, 0.29) is 31.3 Å². The molecule has 0 bridgehead atoms. The van der Waals surface area contributed by atoms with Gasteiger partial charge in [-0.2, -0.15) is 11.8 Å². The summed E-state index contributed by atoms with van der Waals surface area (Å²) in [4.78, 5) is 25.9. The summed E-state index contributed by atoms with van der Waals surface area (Å²) in [6.07, 6.45) is 0.916. The highest BCUT2D eigenvalue weighted by Crippen LogP contribution is 2.31. The van der Waals surface area contributed by atoms with Gasteiger partial charge in [-0.25, -0.2) is 0 Å². The number of benzene rings is 1. The van der Waals surface area contributed by atoms with E-state index in [2.05, 4.69) is 5.32 Å². The zero-order chi connectivity index (χ0) is 16.3. The van der Waals surface area contributed by atoms with Crippen molar-refractivity contribution < 1.29 is 19.4 Å². The third kappa shape index (κ3) is 3.79. The molecule has 3 rings (SSSR count). The molecule has 23 heavy (non-hydrogen) atoms. The summed E-state index contributed by atoms with van der Waals surface area (Å²) in [7, 11) is 0. The number of thioether (sulfide) groups is 1. The summed E-state index contributed by atoms with van der Waals surface area (Å²) < 4.78 is 5.55. The van der Waals surface area contributed by atoms with E-state index in [1.54, 1.807) is 23.9 Å². The van der Waals surface area contributed by atoms with Crippen LogP contribution in [-0.2, 0) is 9.59 Å². The van der Waals surface area contributed by atoms with Crippen molar-refractivity contribution in [2.45, 2.75) is 18.4 Å². The lowest BCUT2D eigenvalue weighted by Gasteiger charge is -2.24. The van der Waals surface area contributed by atoms with E-state index >= 15 is 0 Å². The predicted molar refractivity (Wildman–Crippen MR) is 88.8 cm³/mol. The van der Waals surface area contributed by atoms with Crippen LogP contribution in [0.4, 0.5) is 5.69 Å². The Hall–Kier alpha value is -1.73. The number of para-hydroxylation sites is 2. The van der Waals surface area contributed by atoms with E-state index in [0.717, 1.165) is 5.75 Å². The number of nitrogens with one attached hydrogen (secondary N) is 1. The highest BCUT2D eigenvalue weighted by atomic mass is 32.2. The third-order valence-electron chi connectivity index (χ3n) is 4.03. The number of amides is 2. The molecule has 1 aromatic carbocycles. The Morgan fingerprint density at radius 1 is 1.43 bits per heavy atom. The summed E-state index contributed by atoms with van der Waals surface area (Å²) in [6, 6.07) is 7.20. The average molecular weight is 336 g/mol. The second-order valence-corrected chi connectivity index (χ2v) is 6.95. The second kappa shape index (κ2) is 6.80. The standard InChI is InChI=1S/C16H20N2O4S/c19-14(17-10-16(21)6-8-23-11-16)9-18-12-3-1-2-4-13(12)22-7-5-15(18)20/h1-4,21H,5-11H2,(H,17,19). The van der Waals surface area contributed by atoms with Crippen LogP contribution in [0.25, 0.3) is 0 Å². The second-order valence-electron chi connectivity index (χ2n) is 5.85. The lowest BCUT2D eigenvalue weighted by Crippen LogP contribution is -2.47. The molecule has 7 heteroatoms. The zero-order valence-corrected chi connectivity index (χ0v) is 13.6. The van der Waals surface area contributed by atoms with E-state index in [9.17, 15) is 14.7 Å². The fraction of sp³-hybridized carbons (Fsp3) is 0.500. The summed E-state index contributed by atoms with van der Waals surface area (Å²) in [5.41, 5.74) is -0.218. The van der Waals surface area contributed by atoms with Crippen molar-refractivity contribution >= 4 is 29.3 Å². The number of rotatable bonds is 4. The van der Waals surface area contributed by atoms with Crippen LogP contribution in [0, 0.1) is 0 Å². The Morgan fingerprint density at radius 3 is 3.04 bits per heavy atom. The minimum Gasteiger partial charge on any atom is -0.491 e. The first-order valence-corrected chi connectivity index (χ1v) is 8.82. The van der Waals surface area contributed by atoms with Gasteiger partial charge in [-0.05, 0) is 24.3 Å². The fourth-order valence-electron chi connectivity index (χ4n) is 2.69. The molecule has 1 atom stereocenters. The van der Waals surface area contributed by atoms with Gasteiger partial charge in [0.05, 0.1) is 24.3 Å². The Bertz CT molecular complexity index is 601. The van der Waals surface area contributed by atoms with E-state index in [1.165, 1.54) is 4.90 Å². The first kappa shape index (κ1) is 16.1. The quantitative estimate of drug-likeness (QED) is 0.850. The first-order valence-electron chi connectivity index (χ1n) is 7.66. The molecule has 0 aliphatic carbocycles. The van der Waals surface area contributed by atoms with Crippen LogP contribution in [0.3, 0.4) is 0 Å². The predicted octanol–water partition coefficient (Wildman–Crippen LogP) is 0.786. The van der Waals surface area contributed by atoms with Gasteiger partial charge in [0.25, 0.3) is 0 Å². The van der Waals surface area contributed by atoms with Crippen LogP contribution in [-0.4, -0.2) is 53.7 Å². The van der Waals surface area contributed by atoms with E-state index in [1.807, 2.05) is 12.1 Å². The molecule has 124 valence electrons. The molecule has 6 nitrogen and oxygen atoms in total. The van der Waals surface area contributed by atoms with Gasteiger partial charge in [0.1, 0.15) is 12.3 Å². The Labute approximate surface area is 139 Å². The molecule has 2 amide bonds. The number of carbonyl (C=O) groups is 2. The molecule has 0 aromatic heterocycles. The summed E-state index contributed by atoms with van der Waals surface area (Å²) in [5.74, 6) is 1.73. The molecule has 0 spiro atoms. The maximum atomic E-state index is 12.2. The highest BCUT2D eigenvalue weighted by Gasteiger charge is 2.32. The fourth-order valence-corrected chi connectivity index (χ4v) is 3.99. The average Bonchev–Trinajstić information content (AvgIpc) is 2.92. The van der Waals surface area contributed by atoms with E-state index < -0.39 is 5.60 Å². The van der Waals surface area contributed by atoms with Gasteiger partial charge in [-0.3, -0.25) is 14.5 Å². The van der Waals surface area contributed by atoms with E-state index in [0.29, 0.717) is 30.2 Å². The van der Waals surface area contributed by atoms with Crippen molar-refractivity contribution in [3.05, 3.63) is 24.3 Å². The topological polar surface area (TPSA) is 78.9 Å². The number of ether oxygens (including phenoxy) is 1. The lowest BCUT2D eigenvalue weighted by atomic mass is 10.0. The first-order chi connectivity index (χ1) is 11.1. The van der Waals surface area contributed by atoms with Crippen LogP contribution >= 0.6 is 11.8 Å². The maximum Gasteiger partial charge on any atom is 0.240 e. The molecule has 1 unspecified atom stereocenters. The van der Waals surface area contributed by atoms with Crippen molar-refractivity contribution in [3.8, 4) is 5.75 Å². The minimum absolute atomic E-state index is 0.0670. The monoisotopic (exact) mass is 336 g/mol. The number of anilines is 1. The smallest absolute Gasteiger partial charge is 0.240 e. The number of nitrogens with zero attached hydrogens (tertiary/aromatic N) is 1. The minimum atomic E-state index is -0.829. The maximum absolute atomic E-state index is 12.2. The van der Waals surface area contributed by atoms with Gasteiger partial charge in [0.15, 0.2) is 0 Å². The Balaban J connectivity index is 1.66. The number of aliphatic hydroxyl groups is 1. The van der Waals surface area contributed by atoms with Crippen molar-refractivity contribution in [2.75, 3.05) is 36.1 Å². The number of hydrogen-bond donors (Lipinski definition) is 2. The van der Waals surface area contributed by atoms with Crippen molar-refractivity contribution in [1.82, 2.24) is 5.32 Å². The van der Waals surface area contributed by atoms with Crippen LogP contribution in [0.5, 0.6) is 5.75 Å². The van der Waals surface area contributed by atoms with Gasteiger partial charge < -0.3 is 15.2 Å². The zero-order valence-electron chi connectivity index (χ0n) is 12.8. The highest BCUT2D eigenvalue weighted by molar-refractivity contribution is 7.99. The van der Waals surface area contributed by atoms with E-state index in [4.69, 9.17) is 4.74 Å². The number of carbonyl (C=O) groups excluding carboxylic acids is 2. The number of hydrogen-bond acceptors (Lipinski definition) is 5. The molecular formula is C16H20N2O4S. The molecule has 0 saturated carbocycles. The Kier molecular flexibility index (Phi) is 4.77. The van der Waals surface area contributed by atoms with Gasteiger partial charge >= 0.3 is 0 Å². The van der Waals surface area contributed by atoms with Gasteiger partial charge in [0.2, 0.25) is 11.8 Å². The molecule has 1 saturated heterocycles. The molecule has 1 fully saturated rings. The van der Waals surface area contributed by atoms with Crippen LogP contribution in [0.1, 0.15) is 12.8 Å². The normalized spacial score (nSPS) is 23.9. The summed E-state index contributed by atoms with van der Waals surface area (Å²) >= 11 is 1.68. The number of fused-ring (bicyclic) bond motifs is 1. The van der Waals surface area contributed by atoms with Gasteiger partial charge in [-0.15, -0.1) is 0 Å². The molecule has 2 aliphatic heterocycles. The van der Waals surface area contributed by atoms with Crippen LogP contribution in [0.2, 0.25) is 0 Å². The third-order valence-corrected chi connectivity index (χ3v) is 5.26. The van der Waals surface area contributed by atoms with Crippen molar-refractivity contribution in [3.63, 3.8) is 0 Å². The van der Waals surface area contributed by atoms with Crippen LogP contribution in [0.15, 0.2) is 24.3 Å². The van der Waals surface area contributed by atoms with Crippen LogP contribution < -0.4 is 15.0 Å². The Morgan fingerprint density at radius 2 is 2.26 bits per heavy atom. The molecular weight excluding hydrogens is 316 g/mol. The largest absolute Gasteiger partial charge is 0.491 e. The summed E-state index contributed by atoms with van der Waals surface area (Å²) in [6.45, 7) is 0.465. The molecule has 2 N–H and O–H groups in total. The summed E-state index contributed by atoms with van der Waals surface area (Å²) in [5, 5.41) is 13.0. The van der Waals surface area contributed by atoms with Crippen molar-refractivity contribution in [2.24, 2.45) is 0 Å². The van der Waals surface area contributed by atoms with Gasteiger partial charge in [0, 0.05) is 12.3 Å². The molecule has 1 aromatic rings. The molecule has 0 radical (unpaired) electrons.